The van der Waals surface area contributed by atoms with Crippen LogP contribution in [0.15, 0.2) is 0 Å². The first-order valence-electron chi connectivity index (χ1n) is 8.41. The van der Waals surface area contributed by atoms with E-state index in [-0.39, 0.29) is 23.8 Å². The number of fused-ring (bicyclic) bond motifs is 2. The molecular weight excluding hydrogens is 282 g/mol. The summed E-state index contributed by atoms with van der Waals surface area (Å²) >= 11 is 0. The van der Waals surface area contributed by atoms with Gasteiger partial charge >= 0.3 is 0 Å². The van der Waals surface area contributed by atoms with Gasteiger partial charge in [0.1, 0.15) is 0 Å². The van der Waals surface area contributed by atoms with E-state index < -0.39 is 0 Å². The Bertz CT molecular complexity index is 428. The van der Waals surface area contributed by atoms with Crippen molar-refractivity contribution >= 4 is 11.8 Å². The first-order chi connectivity index (χ1) is 10.6. The molecule has 2 heterocycles. The number of nitrogens with zero attached hydrogens (tertiary/aromatic N) is 2. The quantitative estimate of drug-likeness (QED) is 0.797. The molecule has 2 N–H and O–H groups in total. The Labute approximate surface area is 131 Å². The zero-order valence-electron chi connectivity index (χ0n) is 13.4. The number of carbonyl (C=O) groups excluding carboxylic acids is 2. The molecule has 22 heavy (non-hydrogen) atoms. The van der Waals surface area contributed by atoms with Crippen molar-refractivity contribution in [1.82, 2.24) is 9.80 Å². The van der Waals surface area contributed by atoms with Gasteiger partial charge in [0.2, 0.25) is 11.8 Å². The summed E-state index contributed by atoms with van der Waals surface area (Å²) < 4.78 is 5.05. The highest BCUT2D eigenvalue weighted by molar-refractivity contribution is 5.84. The fourth-order valence-corrected chi connectivity index (χ4v) is 4.24. The first-order valence-corrected chi connectivity index (χ1v) is 8.41. The van der Waals surface area contributed by atoms with E-state index in [2.05, 4.69) is 0 Å². The molecule has 3 rings (SSSR count). The standard InChI is InChI=1S/C16H27N3O3/c1-22-7-6-18-10-13(4-5-14(18)20)16(21)19-8-11-2-3-12(9-19)15(11)17/h11-13,15H,2-10,17H2,1H3/t11-,12+,13?,15?. The molecule has 2 saturated heterocycles. The zero-order valence-corrected chi connectivity index (χ0v) is 13.4. The van der Waals surface area contributed by atoms with E-state index in [4.69, 9.17) is 10.5 Å². The Balaban J connectivity index is 1.59. The number of hydrogen-bond donors (Lipinski definition) is 1. The second-order valence-electron chi connectivity index (χ2n) is 6.99. The minimum atomic E-state index is -0.0525. The van der Waals surface area contributed by atoms with Crippen molar-refractivity contribution in [2.75, 3.05) is 39.9 Å². The normalized spacial score (nSPS) is 35.1. The lowest BCUT2D eigenvalue weighted by atomic mass is 9.90. The summed E-state index contributed by atoms with van der Waals surface area (Å²) in [5, 5.41) is 0. The van der Waals surface area contributed by atoms with Gasteiger partial charge in [-0.3, -0.25) is 9.59 Å². The van der Waals surface area contributed by atoms with Crippen LogP contribution in [0.2, 0.25) is 0 Å². The molecule has 124 valence electrons. The Kier molecular flexibility index (Phi) is 4.68. The molecule has 0 radical (unpaired) electrons. The minimum absolute atomic E-state index is 0.0525. The molecule has 2 bridgehead atoms. The van der Waals surface area contributed by atoms with E-state index >= 15 is 0 Å². The summed E-state index contributed by atoms with van der Waals surface area (Å²) in [6, 6.07) is 0.273. The summed E-state index contributed by atoms with van der Waals surface area (Å²) in [6.07, 6.45) is 3.46. The predicted octanol–water partition coefficient (Wildman–Crippen LogP) is 0.0671. The van der Waals surface area contributed by atoms with E-state index in [0.29, 0.717) is 44.4 Å². The van der Waals surface area contributed by atoms with Gasteiger partial charge in [-0.05, 0) is 31.1 Å². The second kappa shape index (κ2) is 6.54. The topological polar surface area (TPSA) is 75.9 Å². The van der Waals surface area contributed by atoms with Crippen LogP contribution in [0.5, 0.6) is 0 Å². The van der Waals surface area contributed by atoms with Crippen molar-refractivity contribution in [2.45, 2.75) is 31.7 Å². The lowest BCUT2D eigenvalue weighted by Gasteiger charge is -2.40. The highest BCUT2D eigenvalue weighted by Crippen LogP contribution is 2.36. The van der Waals surface area contributed by atoms with E-state index in [1.807, 2.05) is 4.90 Å². The lowest BCUT2D eigenvalue weighted by Crippen LogP contribution is -2.54. The number of carbonyl (C=O) groups is 2. The Morgan fingerprint density at radius 2 is 1.91 bits per heavy atom. The van der Waals surface area contributed by atoms with Gasteiger partial charge in [-0.2, -0.15) is 0 Å². The fraction of sp³-hybridized carbons (Fsp3) is 0.875. The van der Waals surface area contributed by atoms with Crippen molar-refractivity contribution in [3.8, 4) is 0 Å². The van der Waals surface area contributed by atoms with Gasteiger partial charge in [-0.25, -0.2) is 0 Å². The Hall–Kier alpha value is -1.14. The van der Waals surface area contributed by atoms with Crippen molar-refractivity contribution in [3.05, 3.63) is 0 Å². The minimum Gasteiger partial charge on any atom is -0.383 e. The maximum atomic E-state index is 12.8. The summed E-state index contributed by atoms with van der Waals surface area (Å²) in [7, 11) is 1.63. The number of rotatable bonds is 4. The molecular formula is C16H27N3O3. The number of nitrogens with two attached hydrogens (primary N) is 1. The third-order valence-corrected chi connectivity index (χ3v) is 5.63. The third kappa shape index (κ3) is 2.99. The molecule has 0 aromatic rings. The second-order valence-corrected chi connectivity index (χ2v) is 6.99. The van der Waals surface area contributed by atoms with E-state index in [1.165, 1.54) is 0 Å². The van der Waals surface area contributed by atoms with Gasteiger partial charge in [-0.1, -0.05) is 0 Å². The number of hydrogen-bond acceptors (Lipinski definition) is 4. The van der Waals surface area contributed by atoms with Crippen LogP contribution in [0.3, 0.4) is 0 Å². The van der Waals surface area contributed by atoms with Gasteiger partial charge < -0.3 is 20.3 Å². The van der Waals surface area contributed by atoms with Crippen LogP contribution in [0, 0.1) is 17.8 Å². The van der Waals surface area contributed by atoms with Crippen molar-refractivity contribution in [1.29, 1.82) is 0 Å². The molecule has 2 aliphatic heterocycles. The summed E-state index contributed by atoms with van der Waals surface area (Å²) in [6.45, 7) is 3.25. The largest absolute Gasteiger partial charge is 0.383 e. The van der Waals surface area contributed by atoms with Crippen LogP contribution in [0.4, 0.5) is 0 Å². The number of piperidine rings is 2. The van der Waals surface area contributed by atoms with Crippen LogP contribution in [0.1, 0.15) is 25.7 Å². The predicted molar refractivity (Wildman–Crippen MR) is 81.9 cm³/mol. The number of amides is 2. The van der Waals surface area contributed by atoms with Crippen LogP contribution in [0.25, 0.3) is 0 Å². The monoisotopic (exact) mass is 309 g/mol. The molecule has 1 saturated carbocycles. The van der Waals surface area contributed by atoms with Crippen molar-refractivity contribution in [3.63, 3.8) is 0 Å². The molecule has 3 fully saturated rings. The SMILES string of the molecule is COCCN1CC(C(=O)N2C[C@H]3CC[C@@H](C2)C3N)CCC1=O. The highest BCUT2D eigenvalue weighted by atomic mass is 16.5. The van der Waals surface area contributed by atoms with Crippen molar-refractivity contribution < 1.29 is 14.3 Å². The van der Waals surface area contributed by atoms with Gasteiger partial charge in [0.25, 0.3) is 0 Å². The molecule has 6 heteroatoms. The van der Waals surface area contributed by atoms with Crippen LogP contribution in [-0.4, -0.2) is 67.6 Å². The Morgan fingerprint density at radius 1 is 1.23 bits per heavy atom. The molecule has 1 aliphatic carbocycles. The maximum absolute atomic E-state index is 12.8. The molecule has 0 aromatic heterocycles. The Morgan fingerprint density at radius 3 is 2.55 bits per heavy atom. The average Bonchev–Trinajstić information content (AvgIpc) is 2.75. The van der Waals surface area contributed by atoms with Gasteiger partial charge in [-0.15, -0.1) is 0 Å². The maximum Gasteiger partial charge on any atom is 0.227 e. The summed E-state index contributed by atoms with van der Waals surface area (Å²) in [5.41, 5.74) is 6.22. The van der Waals surface area contributed by atoms with Crippen LogP contribution >= 0.6 is 0 Å². The summed E-state index contributed by atoms with van der Waals surface area (Å²) in [5.74, 6) is 1.25. The molecule has 0 spiro atoms. The number of ether oxygens (including phenoxy) is 1. The van der Waals surface area contributed by atoms with Gasteiger partial charge in [0.15, 0.2) is 0 Å². The first kappa shape index (κ1) is 15.7. The van der Waals surface area contributed by atoms with E-state index in [9.17, 15) is 9.59 Å². The smallest absolute Gasteiger partial charge is 0.227 e. The molecule has 6 nitrogen and oxygen atoms in total. The van der Waals surface area contributed by atoms with E-state index in [1.54, 1.807) is 12.0 Å². The summed E-state index contributed by atoms with van der Waals surface area (Å²) in [4.78, 5) is 28.5. The van der Waals surface area contributed by atoms with Crippen LogP contribution in [-0.2, 0) is 14.3 Å². The highest BCUT2D eigenvalue weighted by Gasteiger charge is 2.43. The van der Waals surface area contributed by atoms with Gasteiger partial charge in [0.05, 0.1) is 12.5 Å². The third-order valence-electron chi connectivity index (χ3n) is 5.63. The molecule has 2 unspecified atom stereocenters. The van der Waals surface area contributed by atoms with Crippen molar-refractivity contribution in [2.24, 2.45) is 23.5 Å². The van der Waals surface area contributed by atoms with Gasteiger partial charge in [0, 0.05) is 45.8 Å². The molecule has 0 aromatic carbocycles. The lowest BCUT2D eigenvalue weighted by molar-refractivity contribution is -0.145. The zero-order chi connectivity index (χ0) is 15.7. The average molecular weight is 309 g/mol. The van der Waals surface area contributed by atoms with E-state index in [0.717, 1.165) is 25.9 Å². The number of likely N-dealkylation sites (tertiary alicyclic amines) is 2. The fourth-order valence-electron chi connectivity index (χ4n) is 4.24. The molecule has 2 amide bonds. The number of methoxy groups -OCH3 is 1. The van der Waals surface area contributed by atoms with Crippen LogP contribution < -0.4 is 5.73 Å². The molecule has 3 aliphatic rings. The molecule has 4 atom stereocenters.